The molecule has 0 unspecified atom stereocenters. The maximum Gasteiger partial charge on any atom is 0.400 e. The third-order valence-electron chi connectivity index (χ3n) is 5.82. The molecule has 2 aromatic carbocycles. The van der Waals surface area contributed by atoms with E-state index in [-0.39, 0.29) is 47.2 Å². The average molecular weight is 562 g/mol. The molecule has 1 amide bonds. The van der Waals surface area contributed by atoms with Gasteiger partial charge in [-0.1, -0.05) is 23.7 Å². The molecule has 0 spiro atoms. The highest BCUT2D eigenvalue weighted by atomic mass is 35.5. The van der Waals surface area contributed by atoms with Gasteiger partial charge in [0.25, 0.3) is 12.3 Å². The van der Waals surface area contributed by atoms with Crippen molar-refractivity contribution in [1.29, 1.82) is 0 Å². The summed E-state index contributed by atoms with van der Waals surface area (Å²) in [6.07, 6.45) is -8.04. The second-order valence-electron chi connectivity index (χ2n) is 9.62. The minimum Gasteiger partial charge on any atom is -0.487 e. The Kier molecular flexibility index (Phi) is 10.4. The van der Waals surface area contributed by atoms with Crippen molar-refractivity contribution >= 4 is 29.1 Å². The summed E-state index contributed by atoms with van der Waals surface area (Å²) in [6.45, 7) is 4.18. The molecule has 11 heteroatoms. The van der Waals surface area contributed by atoms with Gasteiger partial charge in [-0.05, 0) is 69.5 Å². The Bertz CT molecular complexity index is 1180. The quantitative estimate of drug-likeness (QED) is 0.233. The zero-order chi connectivity index (χ0) is 28.8. The van der Waals surface area contributed by atoms with E-state index in [1.807, 2.05) is 0 Å². The first-order chi connectivity index (χ1) is 17.5. The smallest absolute Gasteiger partial charge is 0.400 e. The van der Waals surface area contributed by atoms with E-state index in [2.05, 4.69) is 5.32 Å². The van der Waals surface area contributed by atoms with Gasteiger partial charge in [0.2, 0.25) is 0 Å². The molecule has 0 atom stereocenters. The van der Waals surface area contributed by atoms with Gasteiger partial charge in [-0.3, -0.25) is 14.4 Å². The van der Waals surface area contributed by atoms with Crippen LogP contribution in [0.15, 0.2) is 36.4 Å². The van der Waals surface area contributed by atoms with Crippen LogP contribution in [0.1, 0.15) is 66.0 Å². The van der Waals surface area contributed by atoms with Crippen molar-refractivity contribution < 1.29 is 41.1 Å². The van der Waals surface area contributed by atoms with Gasteiger partial charge in [-0.2, -0.15) is 13.2 Å². The highest BCUT2D eigenvalue weighted by Gasteiger charge is 2.51. The number of carbonyl (C=O) groups excluding carboxylic acids is 3. The first-order valence-electron chi connectivity index (χ1n) is 11.8. The number of rotatable bonds is 12. The summed E-state index contributed by atoms with van der Waals surface area (Å²) in [7, 11) is 0. The van der Waals surface area contributed by atoms with Gasteiger partial charge in [0.15, 0.2) is 5.78 Å². The largest absolute Gasteiger partial charge is 0.487 e. The number of alkyl halides is 5. The maximum atomic E-state index is 13.1. The average Bonchev–Trinajstić information content (AvgIpc) is 2.81. The molecular weight excluding hydrogens is 533 g/mol. The lowest BCUT2D eigenvalue weighted by Gasteiger charge is -2.26. The molecule has 208 valence electrons. The van der Waals surface area contributed by atoms with E-state index in [1.165, 1.54) is 36.4 Å². The molecule has 0 saturated heterocycles. The summed E-state index contributed by atoms with van der Waals surface area (Å²) in [5, 5.41) is 2.76. The summed E-state index contributed by atoms with van der Waals surface area (Å²) in [4.78, 5) is 37.8. The Morgan fingerprint density at radius 1 is 0.974 bits per heavy atom. The van der Waals surface area contributed by atoms with Crippen LogP contribution < -0.4 is 10.1 Å². The van der Waals surface area contributed by atoms with Crippen molar-refractivity contribution in [2.45, 2.75) is 65.6 Å². The maximum absolute atomic E-state index is 13.1. The normalized spacial score (nSPS) is 12.1. The van der Waals surface area contributed by atoms with E-state index in [0.717, 1.165) is 13.8 Å². The molecule has 0 aliphatic carbocycles. The molecule has 38 heavy (non-hydrogen) atoms. The lowest BCUT2D eigenvalue weighted by molar-refractivity contribution is -0.210. The lowest BCUT2D eigenvalue weighted by atomic mass is 9.84. The summed E-state index contributed by atoms with van der Waals surface area (Å²) in [5.41, 5.74) is -1.58. The van der Waals surface area contributed by atoms with Crippen molar-refractivity contribution in [2.24, 2.45) is 5.41 Å². The number of aryl methyl sites for hydroxylation is 1. The Labute approximate surface area is 222 Å². The molecule has 2 aromatic rings. The van der Waals surface area contributed by atoms with E-state index in [9.17, 15) is 36.3 Å². The van der Waals surface area contributed by atoms with E-state index in [0.29, 0.717) is 11.1 Å². The van der Waals surface area contributed by atoms with E-state index >= 15 is 0 Å². The van der Waals surface area contributed by atoms with Gasteiger partial charge in [0, 0.05) is 24.4 Å². The number of nitrogens with one attached hydrogen (secondary N) is 1. The number of Topliss-reactive ketones (excluding diaryl/α,β-unsaturated/α-hetero) is 2. The number of carbonyl (C=O) groups is 3. The van der Waals surface area contributed by atoms with Crippen LogP contribution in [0.3, 0.4) is 0 Å². The molecule has 0 aliphatic heterocycles. The van der Waals surface area contributed by atoms with Crippen LogP contribution in [-0.2, 0) is 17.6 Å². The molecule has 1 N–H and O–H groups in total. The zero-order valence-corrected chi connectivity index (χ0v) is 22.1. The van der Waals surface area contributed by atoms with Gasteiger partial charge in [-0.25, -0.2) is 8.78 Å². The monoisotopic (exact) mass is 561 g/mol. The number of ketones is 2. The Morgan fingerprint density at radius 2 is 1.58 bits per heavy atom. The fourth-order valence-corrected chi connectivity index (χ4v) is 3.66. The summed E-state index contributed by atoms with van der Waals surface area (Å²) >= 11 is 6.20. The lowest BCUT2D eigenvalue weighted by Crippen LogP contribution is -2.39. The fourth-order valence-electron chi connectivity index (χ4n) is 3.43. The number of hydrogen-bond donors (Lipinski definition) is 1. The van der Waals surface area contributed by atoms with Crippen molar-refractivity contribution in [3.8, 4) is 5.75 Å². The molecule has 0 heterocycles. The van der Waals surface area contributed by atoms with Crippen LogP contribution >= 0.6 is 11.6 Å². The number of halogens is 6. The van der Waals surface area contributed by atoms with Crippen LogP contribution in [0.5, 0.6) is 5.75 Å². The molecule has 2 rings (SSSR count). The topological polar surface area (TPSA) is 72.5 Å². The van der Waals surface area contributed by atoms with Crippen LogP contribution in [0, 0.1) is 5.41 Å². The Morgan fingerprint density at radius 3 is 2.16 bits per heavy atom. The summed E-state index contributed by atoms with van der Waals surface area (Å²) in [5.74, 6) is -2.05. The minimum absolute atomic E-state index is 0.0183. The Balaban J connectivity index is 2.24. The predicted molar refractivity (Wildman–Crippen MR) is 133 cm³/mol. The molecule has 5 nitrogen and oxygen atoms in total. The van der Waals surface area contributed by atoms with Crippen molar-refractivity contribution in [1.82, 2.24) is 5.32 Å². The van der Waals surface area contributed by atoms with Crippen molar-refractivity contribution in [2.75, 3.05) is 6.61 Å². The second-order valence-corrected chi connectivity index (χ2v) is 10.0. The van der Waals surface area contributed by atoms with Gasteiger partial charge in [0.05, 0.1) is 10.6 Å². The third kappa shape index (κ3) is 8.24. The van der Waals surface area contributed by atoms with Gasteiger partial charge in [-0.15, -0.1) is 0 Å². The summed E-state index contributed by atoms with van der Waals surface area (Å²) < 4.78 is 69.7. The van der Waals surface area contributed by atoms with Crippen LogP contribution in [-0.4, -0.2) is 42.7 Å². The first kappa shape index (κ1) is 31.2. The fraction of sp³-hybridized carbons (Fsp3) is 0.444. The van der Waals surface area contributed by atoms with Crippen LogP contribution in [0.2, 0.25) is 5.02 Å². The van der Waals surface area contributed by atoms with Gasteiger partial charge >= 0.3 is 6.18 Å². The second kappa shape index (κ2) is 12.7. The summed E-state index contributed by atoms with van der Waals surface area (Å²) in [6, 6.07) is 8.28. The number of hydrogen-bond acceptors (Lipinski definition) is 4. The van der Waals surface area contributed by atoms with Gasteiger partial charge in [0.1, 0.15) is 23.6 Å². The SMILES string of the molecule is CC(C)NC(=O)c1cc(CC(=O)c2cc(CCC(=O)C(C)(C)C(F)(F)F)ccc2Cl)ccc1OCC(F)F. The van der Waals surface area contributed by atoms with E-state index in [1.54, 1.807) is 13.8 Å². The molecule has 0 fully saturated rings. The van der Waals surface area contributed by atoms with Crippen LogP contribution in [0.25, 0.3) is 0 Å². The highest BCUT2D eigenvalue weighted by molar-refractivity contribution is 6.34. The van der Waals surface area contributed by atoms with Crippen molar-refractivity contribution in [3.05, 3.63) is 63.7 Å². The first-order valence-corrected chi connectivity index (χ1v) is 12.2. The van der Waals surface area contributed by atoms with E-state index < -0.39 is 42.1 Å². The molecule has 0 bridgehead atoms. The Hall–Kier alpha value is -3.01. The standard InChI is InChI=1S/C27H29ClF5NO4/c1-15(2)34-25(37)19-12-17(6-9-22(19)38-14-24(29)30)13-21(35)18-11-16(5-8-20(18)28)7-10-23(36)26(3,4)27(31,32)33/h5-6,8-9,11-12,15,24H,7,10,13-14H2,1-4H3,(H,34,37). The third-order valence-corrected chi connectivity index (χ3v) is 6.15. The van der Waals surface area contributed by atoms with Crippen LogP contribution in [0.4, 0.5) is 22.0 Å². The molecule has 0 aliphatic rings. The van der Waals surface area contributed by atoms with Crippen molar-refractivity contribution in [3.63, 3.8) is 0 Å². The number of benzene rings is 2. The molecule has 0 radical (unpaired) electrons. The molecular formula is C27H29ClF5NO4. The number of amides is 1. The van der Waals surface area contributed by atoms with E-state index in [4.69, 9.17) is 16.3 Å². The van der Waals surface area contributed by atoms with Gasteiger partial charge < -0.3 is 10.1 Å². The minimum atomic E-state index is -4.68. The molecule has 0 saturated carbocycles. The highest BCUT2D eigenvalue weighted by Crippen LogP contribution is 2.39. The zero-order valence-electron chi connectivity index (χ0n) is 21.3. The molecule has 0 aromatic heterocycles. The predicted octanol–water partition coefficient (Wildman–Crippen LogP) is 6.64. The number of ether oxygens (including phenoxy) is 1.